The van der Waals surface area contributed by atoms with Gasteiger partial charge in [0.1, 0.15) is 6.33 Å². The standard InChI is InChI=1S/C11H16ClN5O2/c1-15-6-4-3-5-8(15)16(2)11-9(17(18)19)10(12)13-7-14-11/h7-8H,3-6H2,1-2H3. The first kappa shape index (κ1) is 14.0. The fourth-order valence-electron chi connectivity index (χ4n) is 2.45. The van der Waals surface area contributed by atoms with Crippen LogP contribution in [0.4, 0.5) is 11.5 Å². The highest BCUT2D eigenvalue weighted by Gasteiger charge is 2.30. The van der Waals surface area contributed by atoms with Crippen molar-refractivity contribution in [2.24, 2.45) is 0 Å². The third-order valence-electron chi connectivity index (χ3n) is 3.45. The largest absolute Gasteiger partial charge is 0.348 e. The average Bonchev–Trinajstić information content (AvgIpc) is 2.37. The zero-order chi connectivity index (χ0) is 14.0. The van der Waals surface area contributed by atoms with Gasteiger partial charge in [0.15, 0.2) is 0 Å². The molecule has 0 spiro atoms. The van der Waals surface area contributed by atoms with Crippen molar-refractivity contribution in [3.8, 4) is 0 Å². The van der Waals surface area contributed by atoms with Gasteiger partial charge in [-0.25, -0.2) is 9.97 Å². The second-order valence-electron chi connectivity index (χ2n) is 4.66. The van der Waals surface area contributed by atoms with Crippen molar-refractivity contribution in [3.63, 3.8) is 0 Å². The summed E-state index contributed by atoms with van der Waals surface area (Å²) in [7, 11) is 3.81. The minimum absolute atomic E-state index is 0.0958. The quantitative estimate of drug-likeness (QED) is 0.480. The Labute approximate surface area is 116 Å². The SMILES string of the molecule is CN1CCCCC1N(C)c1ncnc(Cl)c1[N+](=O)[O-]. The lowest BCUT2D eigenvalue weighted by molar-refractivity contribution is -0.384. The van der Waals surface area contributed by atoms with E-state index in [1.165, 1.54) is 6.33 Å². The number of likely N-dealkylation sites (tertiary alicyclic amines) is 1. The Morgan fingerprint density at radius 2 is 2.26 bits per heavy atom. The normalized spacial score (nSPS) is 20.3. The van der Waals surface area contributed by atoms with Crippen LogP contribution in [0.15, 0.2) is 6.33 Å². The molecule has 8 heteroatoms. The molecule has 2 heterocycles. The van der Waals surface area contributed by atoms with Gasteiger partial charge in [-0.1, -0.05) is 11.6 Å². The number of nitrogens with zero attached hydrogens (tertiary/aromatic N) is 5. The molecule has 2 rings (SSSR count). The topological polar surface area (TPSA) is 75.4 Å². The molecule has 7 nitrogen and oxygen atoms in total. The Morgan fingerprint density at radius 1 is 1.53 bits per heavy atom. The number of nitro groups is 1. The number of halogens is 1. The molecule has 1 unspecified atom stereocenters. The molecule has 1 aliphatic rings. The molecule has 0 radical (unpaired) electrons. The van der Waals surface area contributed by atoms with E-state index >= 15 is 0 Å². The summed E-state index contributed by atoms with van der Waals surface area (Å²) in [6.45, 7) is 0.974. The molecule has 104 valence electrons. The van der Waals surface area contributed by atoms with E-state index in [-0.39, 0.29) is 22.8 Å². The molecule has 19 heavy (non-hydrogen) atoms. The Kier molecular flexibility index (Phi) is 4.16. The van der Waals surface area contributed by atoms with Crippen LogP contribution in [-0.4, -0.2) is 46.6 Å². The monoisotopic (exact) mass is 285 g/mol. The van der Waals surface area contributed by atoms with Crippen molar-refractivity contribution >= 4 is 23.1 Å². The summed E-state index contributed by atoms with van der Waals surface area (Å²) in [5.74, 6) is 0.267. The molecule has 1 atom stereocenters. The number of anilines is 1. The maximum absolute atomic E-state index is 11.1. The van der Waals surface area contributed by atoms with Gasteiger partial charge in [-0.2, -0.15) is 0 Å². The predicted molar refractivity (Wildman–Crippen MR) is 72.4 cm³/mol. The summed E-state index contributed by atoms with van der Waals surface area (Å²) in [6.07, 6.45) is 4.55. The van der Waals surface area contributed by atoms with E-state index in [9.17, 15) is 10.1 Å². The Balaban J connectivity index is 2.35. The summed E-state index contributed by atoms with van der Waals surface area (Å²) in [5.41, 5.74) is -0.231. The molecule has 1 saturated heterocycles. The number of rotatable bonds is 3. The highest BCUT2D eigenvalue weighted by atomic mass is 35.5. The van der Waals surface area contributed by atoms with E-state index in [2.05, 4.69) is 14.9 Å². The summed E-state index contributed by atoms with van der Waals surface area (Å²) >= 11 is 5.81. The number of piperidine rings is 1. The second-order valence-corrected chi connectivity index (χ2v) is 5.02. The average molecular weight is 286 g/mol. The Hall–Kier alpha value is -1.47. The molecule has 0 aromatic carbocycles. The molecular weight excluding hydrogens is 270 g/mol. The highest BCUT2D eigenvalue weighted by Crippen LogP contribution is 2.33. The molecule has 1 aliphatic heterocycles. The number of aromatic nitrogens is 2. The zero-order valence-corrected chi connectivity index (χ0v) is 11.7. The first-order valence-corrected chi connectivity index (χ1v) is 6.48. The summed E-state index contributed by atoms with van der Waals surface area (Å²) in [5, 5.41) is 11.0. The summed E-state index contributed by atoms with van der Waals surface area (Å²) in [6, 6.07) is 0. The highest BCUT2D eigenvalue weighted by molar-refractivity contribution is 6.31. The third kappa shape index (κ3) is 2.76. The molecule has 0 aliphatic carbocycles. The summed E-state index contributed by atoms with van der Waals surface area (Å²) < 4.78 is 0. The minimum atomic E-state index is -0.531. The molecule has 0 N–H and O–H groups in total. The van der Waals surface area contributed by atoms with Crippen LogP contribution < -0.4 is 4.90 Å². The predicted octanol–water partition coefficient (Wildman–Crippen LogP) is 1.92. The van der Waals surface area contributed by atoms with Crippen LogP contribution in [0.5, 0.6) is 0 Å². The molecule has 0 saturated carbocycles. The first-order chi connectivity index (χ1) is 9.02. The fraction of sp³-hybridized carbons (Fsp3) is 0.636. The Bertz CT molecular complexity index is 484. The van der Waals surface area contributed by atoms with E-state index in [1.807, 2.05) is 11.9 Å². The van der Waals surface area contributed by atoms with Crippen LogP contribution in [0.25, 0.3) is 0 Å². The van der Waals surface area contributed by atoms with E-state index in [1.54, 1.807) is 7.05 Å². The van der Waals surface area contributed by atoms with Gasteiger partial charge in [-0.3, -0.25) is 15.0 Å². The minimum Gasteiger partial charge on any atom is -0.338 e. The van der Waals surface area contributed by atoms with Crippen molar-refractivity contribution in [1.82, 2.24) is 14.9 Å². The smallest absolute Gasteiger partial charge is 0.338 e. The van der Waals surface area contributed by atoms with E-state index in [0.29, 0.717) is 0 Å². The lowest BCUT2D eigenvalue weighted by Gasteiger charge is -2.38. The molecular formula is C11H16ClN5O2. The van der Waals surface area contributed by atoms with Crippen molar-refractivity contribution < 1.29 is 4.92 Å². The Morgan fingerprint density at radius 3 is 2.89 bits per heavy atom. The third-order valence-corrected chi connectivity index (χ3v) is 3.73. The van der Waals surface area contributed by atoms with Crippen LogP contribution in [0, 0.1) is 10.1 Å². The van der Waals surface area contributed by atoms with E-state index in [4.69, 9.17) is 11.6 Å². The van der Waals surface area contributed by atoms with Gasteiger partial charge in [-0.05, 0) is 32.9 Å². The van der Waals surface area contributed by atoms with Crippen molar-refractivity contribution in [2.45, 2.75) is 25.4 Å². The van der Waals surface area contributed by atoms with Crippen LogP contribution in [0.1, 0.15) is 19.3 Å². The van der Waals surface area contributed by atoms with Gasteiger partial charge < -0.3 is 4.90 Å². The van der Waals surface area contributed by atoms with E-state index < -0.39 is 4.92 Å². The van der Waals surface area contributed by atoms with Crippen molar-refractivity contribution in [3.05, 3.63) is 21.6 Å². The maximum atomic E-state index is 11.1. The van der Waals surface area contributed by atoms with Gasteiger partial charge >= 0.3 is 5.69 Å². The summed E-state index contributed by atoms with van der Waals surface area (Å²) in [4.78, 5) is 22.3. The van der Waals surface area contributed by atoms with Gasteiger partial charge in [0, 0.05) is 7.05 Å². The van der Waals surface area contributed by atoms with Gasteiger partial charge in [0.05, 0.1) is 11.1 Å². The molecule has 0 bridgehead atoms. The van der Waals surface area contributed by atoms with Crippen LogP contribution >= 0.6 is 11.6 Å². The fourth-order valence-corrected chi connectivity index (χ4v) is 2.65. The molecule has 1 fully saturated rings. The molecule has 1 aromatic rings. The van der Waals surface area contributed by atoms with Crippen molar-refractivity contribution in [1.29, 1.82) is 0 Å². The van der Waals surface area contributed by atoms with Crippen LogP contribution in [0.2, 0.25) is 5.15 Å². The second kappa shape index (κ2) is 5.66. The van der Waals surface area contributed by atoms with Gasteiger partial charge in [0.2, 0.25) is 11.0 Å². The first-order valence-electron chi connectivity index (χ1n) is 6.10. The van der Waals surface area contributed by atoms with Gasteiger partial charge in [-0.15, -0.1) is 0 Å². The molecule has 0 amide bonds. The number of hydrogen-bond acceptors (Lipinski definition) is 6. The maximum Gasteiger partial charge on any atom is 0.348 e. The molecule has 1 aromatic heterocycles. The lowest BCUT2D eigenvalue weighted by atomic mass is 10.1. The van der Waals surface area contributed by atoms with Crippen molar-refractivity contribution in [2.75, 3.05) is 25.5 Å². The number of hydrogen-bond donors (Lipinski definition) is 0. The van der Waals surface area contributed by atoms with Crippen LogP contribution in [-0.2, 0) is 0 Å². The zero-order valence-electron chi connectivity index (χ0n) is 10.9. The van der Waals surface area contributed by atoms with Crippen LogP contribution in [0.3, 0.4) is 0 Å². The van der Waals surface area contributed by atoms with E-state index in [0.717, 1.165) is 25.8 Å². The lowest BCUT2D eigenvalue weighted by Crippen LogP contribution is -2.48. The van der Waals surface area contributed by atoms with Gasteiger partial charge in [0.25, 0.3) is 0 Å².